The molecule has 5 nitrogen and oxygen atoms in total. The third-order valence-electron chi connectivity index (χ3n) is 4.92. The molecule has 1 saturated heterocycles. The summed E-state index contributed by atoms with van der Waals surface area (Å²) < 4.78 is 5.89. The number of carbonyl (C=O) groups is 2. The summed E-state index contributed by atoms with van der Waals surface area (Å²) in [5.41, 5.74) is 1.34. The summed E-state index contributed by atoms with van der Waals surface area (Å²) in [5.74, 6) is -1.44. The number of nitrogens with zero attached hydrogens (tertiary/aromatic N) is 1. The Labute approximate surface area is 184 Å². The van der Waals surface area contributed by atoms with Crippen molar-refractivity contribution in [1.82, 2.24) is 4.90 Å². The summed E-state index contributed by atoms with van der Waals surface area (Å²) >= 11 is 18.5. The SMILES string of the molecule is CCC[C@@H](C(=O)O)N1C(=O)CO[C@@H](c2ccc(Cl)cc2Cl)[C@H]1c1ccc(Cl)cc1. The maximum Gasteiger partial charge on any atom is 0.326 e. The molecule has 2 aromatic rings. The van der Waals surface area contributed by atoms with E-state index in [1.165, 1.54) is 4.90 Å². The number of aliphatic carboxylic acids is 1. The monoisotopic (exact) mass is 455 g/mol. The van der Waals surface area contributed by atoms with E-state index in [2.05, 4.69) is 0 Å². The molecule has 0 saturated carbocycles. The Morgan fingerprint density at radius 3 is 2.41 bits per heavy atom. The smallest absolute Gasteiger partial charge is 0.326 e. The van der Waals surface area contributed by atoms with Crippen LogP contribution in [-0.2, 0) is 14.3 Å². The molecule has 3 atom stereocenters. The number of carboxylic acid groups (broad SMARTS) is 1. The molecular weight excluding hydrogens is 437 g/mol. The van der Waals surface area contributed by atoms with Gasteiger partial charge in [-0.05, 0) is 36.2 Å². The van der Waals surface area contributed by atoms with E-state index in [1.807, 2.05) is 6.92 Å². The lowest BCUT2D eigenvalue weighted by molar-refractivity contribution is -0.171. The first-order valence-corrected chi connectivity index (χ1v) is 10.3. The second kappa shape index (κ2) is 9.35. The molecule has 1 N–H and O–H groups in total. The fourth-order valence-corrected chi connectivity index (χ4v) is 4.28. The first-order chi connectivity index (χ1) is 13.8. The summed E-state index contributed by atoms with van der Waals surface area (Å²) in [6.07, 6.45) is 0.283. The van der Waals surface area contributed by atoms with Crippen LogP contribution in [0.4, 0.5) is 0 Å². The maximum atomic E-state index is 12.8. The molecule has 1 aliphatic heterocycles. The zero-order chi connectivity index (χ0) is 21.1. The van der Waals surface area contributed by atoms with Crippen molar-refractivity contribution in [2.24, 2.45) is 0 Å². The number of carbonyl (C=O) groups excluding carboxylic acids is 1. The molecule has 1 heterocycles. The van der Waals surface area contributed by atoms with Crippen LogP contribution in [-0.4, -0.2) is 34.5 Å². The lowest BCUT2D eigenvalue weighted by Crippen LogP contribution is -2.53. The van der Waals surface area contributed by atoms with Gasteiger partial charge in [0.05, 0.1) is 6.04 Å². The van der Waals surface area contributed by atoms with Crippen LogP contribution < -0.4 is 0 Å². The van der Waals surface area contributed by atoms with E-state index in [4.69, 9.17) is 39.5 Å². The van der Waals surface area contributed by atoms with Crippen molar-refractivity contribution in [2.75, 3.05) is 6.61 Å². The highest BCUT2D eigenvalue weighted by molar-refractivity contribution is 6.35. The molecule has 154 valence electrons. The van der Waals surface area contributed by atoms with E-state index >= 15 is 0 Å². The number of hydrogen-bond donors (Lipinski definition) is 1. The molecule has 0 radical (unpaired) electrons. The van der Waals surface area contributed by atoms with Gasteiger partial charge in [0.2, 0.25) is 5.91 Å². The standard InChI is InChI=1S/C21H20Cl3NO4/c1-2-3-17(21(27)28)25-18(26)11-29-20(15-9-8-14(23)10-16(15)24)19(25)12-4-6-13(22)7-5-12/h4-10,17,19-20H,2-3,11H2,1H3,(H,27,28)/t17-,19+,20-/m0/s1. The molecule has 3 rings (SSSR count). The van der Waals surface area contributed by atoms with Gasteiger partial charge in [-0.1, -0.05) is 66.3 Å². The molecule has 0 aliphatic carbocycles. The average Bonchev–Trinajstić information content (AvgIpc) is 2.67. The van der Waals surface area contributed by atoms with Crippen molar-refractivity contribution in [3.63, 3.8) is 0 Å². The zero-order valence-corrected chi connectivity index (χ0v) is 17.9. The second-order valence-corrected chi connectivity index (χ2v) is 8.12. The Bertz CT molecular complexity index is 903. The first kappa shape index (κ1) is 21.9. The summed E-state index contributed by atoms with van der Waals surface area (Å²) in [7, 11) is 0. The third-order valence-corrected chi connectivity index (χ3v) is 5.74. The van der Waals surface area contributed by atoms with Crippen molar-refractivity contribution in [3.8, 4) is 0 Å². The van der Waals surface area contributed by atoms with Crippen molar-refractivity contribution >= 4 is 46.7 Å². The molecule has 1 fully saturated rings. The van der Waals surface area contributed by atoms with E-state index < -0.39 is 24.2 Å². The zero-order valence-electron chi connectivity index (χ0n) is 15.6. The summed E-state index contributed by atoms with van der Waals surface area (Å²) in [6.45, 7) is 1.65. The van der Waals surface area contributed by atoms with Crippen LogP contribution >= 0.6 is 34.8 Å². The first-order valence-electron chi connectivity index (χ1n) is 9.19. The maximum absolute atomic E-state index is 12.8. The Hall–Kier alpha value is -1.79. The van der Waals surface area contributed by atoms with Gasteiger partial charge in [0.1, 0.15) is 18.8 Å². The number of benzene rings is 2. The van der Waals surface area contributed by atoms with Crippen molar-refractivity contribution < 1.29 is 19.4 Å². The molecule has 29 heavy (non-hydrogen) atoms. The van der Waals surface area contributed by atoms with Crippen LogP contribution in [0, 0.1) is 0 Å². The van der Waals surface area contributed by atoms with E-state index in [1.54, 1.807) is 42.5 Å². The lowest BCUT2D eigenvalue weighted by Gasteiger charge is -2.44. The quantitative estimate of drug-likeness (QED) is 0.619. The van der Waals surface area contributed by atoms with Crippen LogP contribution in [0.3, 0.4) is 0 Å². The molecule has 1 aliphatic rings. The van der Waals surface area contributed by atoms with Crippen molar-refractivity contribution in [2.45, 2.75) is 38.0 Å². The number of carboxylic acids is 1. The fourth-order valence-electron chi connectivity index (χ4n) is 3.64. The van der Waals surface area contributed by atoms with Gasteiger partial charge in [0.25, 0.3) is 0 Å². The summed E-state index contributed by atoms with van der Waals surface area (Å²) in [5, 5.41) is 11.2. The van der Waals surface area contributed by atoms with Gasteiger partial charge in [0.15, 0.2) is 0 Å². The van der Waals surface area contributed by atoms with Crippen LogP contribution in [0.5, 0.6) is 0 Å². The average molecular weight is 457 g/mol. The number of ether oxygens (including phenoxy) is 1. The molecule has 0 bridgehead atoms. The Morgan fingerprint density at radius 2 is 1.83 bits per heavy atom. The minimum absolute atomic E-state index is 0.235. The minimum atomic E-state index is -1.05. The van der Waals surface area contributed by atoms with Gasteiger partial charge >= 0.3 is 5.97 Å². The molecular formula is C21H20Cl3NO4. The fraction of sp³-hybridized carbons (Fsp3) is 0.333. The lowest BCUT2D eigenvalue weighted by atomic mass is 9.90. The molecule has 0 spiro atoms. The van der Waals surface area contributed by atoms with Crippen LogP contribution in [0.2, 0.25) is 15.1 Å². The van der Waals surface area contributed by atoms with Gasteiger partial charge in [-0.3, -0.25) is 4.79 Å². The number of amides is 1. The van der Waals surface area contributed by atoms with Gasteiger partial charge in [-0.25, -0.2) is 4.79 Å². The van der Waals surface area contributed by atoms with Gasteiger partial charge in [-0.2, -0.15) is 0 Å². The van der Waals surface area contributed by atoms with E-state index in [0.29, 0.717) is 39.0 Å². The van der Waals surface area contributed by atoms with E-state index in [-0.39, 0.29) is 12.5 Å². The number of rotatable bonds is 6. The highest BCUT2D eigenvalue weighted by atomic mass is 35.5. The highest BCUT2D eigenvalue weighted by Crippen LogP contribution is 2.44. The number of hydrogen-bond acceptors (Lipinski definition) is 3. The van der Waals surface area contributed by atoms with Crippen LogP contribution in [0.25, 0.3) is 0 Å². The van der Waals surface area contributed by atoms with Gasteiger partial charge in [0, 0.05) is 20.6 Å². The molecule has 1 amide bonds. The van der Waals surface area contributed by atoms with Crippen molar-refractivity contribution in [1.29, 1.82) is 0 Å². The predicted octanol–water partition coefficient (Wildman–Crippen LogP) is 5.54. The normalized spacial score (nSPS) is 20.6. The predicted molar refractivity (Wildman–Crippen MR) is 113 cm³/mol. The minimum Gasteiger partial charge on any atom is -0.480 e. The van der Waals surface area contributed by atoms with Crippen LogP contribution in [0.15, 0.2) is 42.5 Å². The van der Waals surface area contributed by atoms with E-state index in [9.17, 15) is 14.7 Å². The highest BCUT2D eigenvalue weighted by Gasteiger charge is 2.44. The Morgan fingerprint density at radius 1 is 1.17 bits per heavy atom. The van der Waals surface area contributed by atoms with E-state index in [0.717, 1.165) is 0 Å². The van der Waals surface area contributed by atoms with Gasteiger partial charge < -0.3 is 14.7 Å². The molecule has 0 aromatic heterocycles. The third kappa shape index (κ3) is 4.69. The largest absolute Gasteiger partial charge is 0.480 e. The molecule has 0 unspecified atom stereocenters. The number of morpholine rings is 1. The second-order valence-electron chi connectivity index (χ2n) is 6.84. The number of halogens is 3. The van der Waals surface area contributed by atoms with Gasteiger partial charge in [-0.15, -0.1) is 0 Å². The summed E-state index contributed by atoms with van der Waals surface area (Å²) in [4.78, 5) is 26.3. The van der Waals surface area contributed by atoms with Crippen molar-refractivity contribution in [3.05, 3.63) is 68.7 Å². The summed E-state index contributed by atoms with van der Waals surface area (Å²) in [6, 6.07) is 10.3. The topological polar surface area (TPSA) is 66.8 Å². The Kier molecular flexibility index (Phi) is 7.06. The Balaban J connectivity index is 2.15. The van der Waals surface area contributed by atoms with Crippen LogP contribution in [0.1, 0.15) is 43.0 Å². The molecule has 2 aromatic carbocycles. The molecule has 8 heteroatoms.